The Morgan fingerprint density at radius 1 is 1.30 bits per heavy atom. The van der Waals surface area contributed by atoms with Crippen LogP contribution in [-0.2, 0) is 20.6 Å². The first-order chi connectivity index (χ1) is 15.6. The van der Waals surface area contributed by atoms with Crippen molar-refractivity contribution in [3.63, 3.8) is 0 Å². The van der Waals surface area contributed by atoms with Crippen LogP contribution >= 0.6 is 0 Å². The van der Waals surface area contributed by atoms with Crippen molar-refractivity contribution >= 4 is 31.7 Å². The molecular formula is C21H25FN4O5S2. The zero-order valence-electron chi connectivity index (χ0n) is 18.5. The fourth-order valence-electron chi connectivity index (χ4n) is 3.61. The molecule has 0 radical (unpaired) electrons. The molecule has 1 fully saturated rings. The molecule has 2 aliphatic heterocycles. The zero-order valence-corrected chi connectivity index (χ0v) is 20.2. The Hall–Kier alpha value is -2.60. The molecule has 4 rings (SSSR count). The Morgan fingerprint density at radius 3 is 2.64 bits per heavy atom. The molecule has 0 spiro atoms. The van der Waals surface area contributed by atoms with E-state index in [9.17, 15) is 17.0 Å². The van der Waals surface area contributed by atoms with E-state index in [1.54, 1.807) is 0 Å². The molecule has 1 unspecified atom stereocenters. The number of benzene rings is 1. The van der Waals surface area contributed by atoms with Gasteiger partial charge in [0, 0.05) is 36.6 Å². The number of piperidine rings is 1. The highest BCUT2D eigenvalue weighted by atomic mass is 32.2. The molecule has 12 heteroatoms. The molecule has 1 atom stereocenters. The summed E-state index contributed by atoms with van der Waals surface area (Å²) in [6, 6.07) is 3.97. The number of aliphatic imine (C=N–C) groups is 1. The number of ether oxygens (including phenoxy) is 1. The van der Waals surface area contributed by atoms with Crippen molar-refractivity contribution in [2.75, 3.05) is 30.9 Å². The molecule has 0 aliphatic carbocycles. The van der Waals surface area contributed by atoms with E-state index >= 15 is 0 Å². The Bertz CT molecular complexity index is 1230. The maximum Gasteiger partial charge on any atom is 0.324 e. The van der Waals surface area contributed by atoms with Gasteiger partial charge in [0.15, 0.2) is 27.2 Å². The van der Waals surface area contributed by atoms with Crippen LogP contribution in [-0.4, -0.2) is 53.8 Å². The summed E-state index contributed by atoms with van der Waals surface area (Å²) in [5.41, 5.74) is 0.454. The Kier molecular flexibility index (Phi) is 6.66. The first-order valence-electron chi connectivity index (χ1n) is 10.5. The predicted molar refractivity (Wildman–Crippen MR) is 122 cm³/mol. The van der Waals surface area contributed by atoms with E-state index in [4.69, 9.17) is 9.26 Å². The first-order valence-corrected chi connectivity index (χ1v) is 13.6. The average molecular weight is 497 g/mol. The molecule has 1 saturated heterocycles. The molecule has 1 aromatic heterocycles. The fraction of sp³-hybridized carbons (Fsp3) is 0.476. The molecule has 0 bridgehead atoms. The molecule has 33 heavy (non-hydrogen) atoms. The minimum atomic E-state index is -3.51. The highest BCUT2D eigenvalue weighted by Crippen LogP contribution is 2.29. The number of nitrogens with zero attached hydrogens (tertiary/aromatic N) is 4. The second kappa shape index (κ2) is 9.34. The van der Waals surface area contributed by atoms with Crippen LogP contribution in [0.4, 0.5) is 10.4 Å². The topological polar surface area (TPSA) is 115 Å². The minimum Gasteiger partial charge on any atom is -0.484 e. The monoisotopic (exact) mass is 496 g/mol. The summed E-state index contributed by atoms with van der Waals surface area (Å²) in [4.78, 5) is 10.8. The largest absolute Gasteiger partial charge is 0.484 e. The van der Waals surface area contributed by atoms with Gasteiger partial charge in [0.25, 0.3) is 0 Å². The first kappa shape index (κ1) is 23.6. The Morgan fingerprint density at radius 2 is 2.03 bits per heavy atom. The number of aromatic nitrogens is 2. The molecular weight excluding hydrogens is 471 g/mol. The lowest BCUT2D eigenvalue weighted by Gasteiger charge is -2.30. The van der Waals surface area contributed by atoms with Crippen molar-refractivity contribution in [1.82, 2.24) is 10.1 Å². The van der Waals surface area contributed by atoms with Crippen LogP contribution in [0, 0.1) is 11.7 Å². The molecule has 0 amide bonds. The number of hydrogen-bond acceptors (Lipinski definition) is 9. The molecule has 9 nitrogen and oxygen atoms in total. The van der Waals surface area contributed by atoms with Gasteiger partial charge in [-0.05, 0) is 31.0 Å². The van der Waals surface area contributed by atoms with Gasteiger partial charge in [-0.15, -0.1) is 0 Å². The maximum atomic E-state index is 14.2. The van der Waals surface area contributed by atoms with Gasteiger partial charge in [0.1, 0.15) is 11.7 Å². The molecule has 2 aromatic rings. The summed E-state index contributed by atoms with van der Waals surface area (Å²) in [5, 5.41) is 6.10. The van der Waals surface area contributed by atoms with Crippen molar-refractivity contribution in [2.24, 2.45) is 10.9 Å². The van der Waals surface area contributed by atoms with Crippen LogP contribution in [0.5, 0.6) is 5.75 Å². The van der Waals surface area contributed by atoms with Gasteiger partial charge in [0.05, 0.1) is 21.4 Å². The van der Waals surface area contributed by atoms with Gasteiger partial charge < -0.3 is 14.2 Å². The van der Waals surface area contributed by atoms with E-state index in [0.29, 0.717) is 35.7 Å². The third-order valence-corrected chi connectivity index (χ3v) is 7.91. The lowest BCUT2D eigenvalue weighted by Crippen LogP contribution is -2.37. The SMILES string of the molecule is CC(C)c1noc(N2CCC(C3=NC(COc4ccc(S(C)(=O)=O)cc4F)=CS3=O)CC2)n1. The summed E-state index contributed by atoms with van der Waals surface area (Å²) in [6.07, 6.45) is 2.49. The molecule has 1 aromatic carbocycles. The lowest BCUT2D eigenvalue weighted by molar-refractivity contribution is 0.331. The van der Waals surface area contributed by atoms with E-state index in [2.05, 4.69) is 15.1 Å². The Balaban J connectivity index is 1.35. The third kappa shape index (κ3) is 5.32. The van der Waals surface area contributed by atoms with E-state index in [1.807, 2.05) is 18.7 Å². The normalized spacial score (nSPS) is 19.7. The van der Waals surface area contributed by atoms with Gasteiger partial charge in [-0.3, -0.25) is 0 Å². The number of hydrogen-bond donors (Lipinski definition) is 0. The van der Waals surface area contributed by atoms with Crippen molar-refractivity contribution in [3.05, 3.63) is 40.9 Å². The highest BCUT2D eigenvalue weighted by Gasteiger charge is 2.31. The second-order valence-corrected chi connectivity index (χ2v) is 11.6. The van der Waals surface area contributed by atoms with E-state index < -0.39 is 26.5 Å². The van der Waals surface area contributed by atoms with Crippen LogP contribution in [0.15, 0.2) is 43.7 Å². The number of anilines is 1. The van der Waals surface area contributed by atoms with Crippen LogP contribution < -0.4 is 9.64 Å². The van der Waals surface area contributed by atoms with Crippen LogP contribution in [0.25, 0.3) is 0 Å². The lowest BCUT2D eigenvalue weighted by atomic mass is 9.98. The van der Waals surface area contributed by atoms with Crippen molar-refractivity contribution in [3.8, 4) is 5.75 Å². The quantitative estimate of drug-likeness (QED) is 0.575. The fourth-order valence-corrected chi connectivity index (χ4v) is 5.50. The average Bonchev–Trinajstić information content (AvgIpc) is 3.39. The zero-order chi connectivity index (χ0) is 23.8. The third-order valence-electron chi connectivity index (χ3n) is 5.47. The standard InChI is InChI=1S/C21H25FN4O5S2/c1-13(2)19-24-21(31-25-19)26-8-6-14(7-9-26)20-23-15(12-32(20)27)11-30-18-5-4-16(10-17(18)22)33(3,28)29/h4-5,10,12-14H,6-9,11H2,1-3H3. The highest BCUT2D eigenvalue weighted by molar-refractivity contribution is 8.03. The Labute approximate surface area is 194 Å². The molecule has 0 saturated carbocycles. The van der Waals surface area contributed by atoms with E-state index in [0.717, 1.165) is 25.2 Å². The second-order valence-electron chi connectivity index (χ2n) is 8.36. The van der Waals surface area contributed by atoms with Crippen molar-refractivity contribution in [1.29, 1.82) is 0 Å². The van der Waals surface area contributed by atoms with E-state index in [1.165, 1.54) is 17.5 Å². The summed E-state index contributed by atoms with van der Waals surface area (Å²) >= 11 is 0. The summed E-state index contributed by atoms with van der Waals surface area (Å²) in [5.74, 6) is 0.0362. The van der Waals surface area contributed by atoms with Crippen LogP contribution in [0.2, 0.25) is 0 Å². The predicted octanol–water partition coefficient (Wildman–Crippen LogP) is 3.03. The van der Waals surface area contributed by atoms with E-state index in [-0.39, 0.29) is 29.1 Å². The van der Waals surface area contributed by atoms with Crippen LogP contribution in [0.1, 0.15) is 38.4 Å². The van der Waals surface area contributed by atoms with Gasteiger partial charge in [-0.1, -0.05) is 19.0 Å². The minimum absolute atomic E-state index is 0.0501. The smallest absolute Gasteiger partial charge is 0.324 e. The summed E-state index contributed by atoms with van der Waals surface area (Å²) < 4.78 is 60.7. The van der Waals surface area contributed by atoms with Gasteiger partial charge in [-0.25, -0.2) is 22.0 Å². The summed E-state index contributed by atoms with van der Waals surface area (Å²) in [6.45, 7) is 5.31. The van der Waals surface area contributed by atoms with Gasteiger partial charge in [-0.2, -0.15) is 4.98 Å². The summed E-state index contributed by atoms with van der Waals surface area (Å²) in [7, 11) is -4.87. The maximum absolute atomic E-state index is 14.2. The number of rotatable bonds is 7. The number of sulfone groups is 1. The molecule has 3 heterocycles. The van der Waals surface area contributed by atoms with Crippen molar-refractivity contribution in [2.45, 2.75) is 37.5 Å². The van der Waals surface area contributed by atoms with Crippen LogP contribution in [0.3, 0.4) is 0 Å². The number of halogens is 1. The molecule has 178 valence electrons. The molecule has 0 N–H and O–H groups in total. The van der Waals surface area contributed by atoms with Gasteiger partial charge in [0.2, 0.25) is 0 Å². The van der Waals surface area contributed by atoms with Crippen molar-refractivity contribution < 1.29 is 26.3 Å². The molecule has 2 aliphatic rings. The van der Waals surface area contributed by atoms with Gasteiger partial charge >= 0.3 is 6.01 Å².